The van der Waals surface area contributed by atoms with Gasteiger partial charge in [0.05, 0.1) is 5.52 Å². The molecule has 0 amide bonds. The second-order valence-corrected chi connectivity index (χ2v) is 5.09. The van der Waals surface area contributed by atoms with Gasteiger partial charge in [0.2, 0.25) is 0 Å². The molecule has 0 radical (unpaired) electrons. The topological polar surface area (TPSA) is 22.0 Å². The van der Waals surface area contributed by atoms with Crippen LogP contribution in [0.5, 0.6) is 0 Å². The molecule has 0 aliphatic carbocycles. The fraction of sp³-hybridized carbons (Fsp3) is 0.167. The lowest BCUT2D eigenvalue weighted by Crippen LogP contribution is -2.13. The van der Waals surface area contributed by atoms with E-state index in [0.717, 1.165) is 29.4 Å². The normalized spacial score (nSPS) is 10.8. The van der Waals surface area contributed by atoms with Gasteiger partial charge in [-0.25, -0.2) is 0 Å². The smallest absolute Gasteiger partial charge is 0.192 e. The molecular formula is C18H17NO. The van der Waals surface area contributed by atoms with Gasteiger partial charge in [0.15, 0.2) is 5.43 Å². The molecule has 0 saturated heterocycles. The van der Waals surface area contributed by atoms with Gasteiger partial charge >= 0.3 is 0 Å². The molecule has 2 heteroatoms. The van der Waals surface area contributed by atoms with Crippen LogP contribution in [0.1, 0.15) is 11.1 Å². The lowest BCUT2D eigenvalue weighted by Gasteiger charge is -2.12. The Hall–Kier alpha value is -2.35. The summed E-state index contributed by atoms with van der Waals surface area (Å²) in [6.45, 7) is 2.76. The molecule has 0 spiro atoms. The first-order chi connectivity index (χ1) is 9.75. The Morgan fingerprint density at radius 2 is 1.65 bits per heavy atom. The van der Waals surface area contributed by atoms with Crippen LogP contribution in [-0.2, 0) is 13.0 Å². The van der Waals surface area contributed by atoms with E-state index in [9.17, 15) is 4.79 Å². The van der Waals surface area contributed by atoms with E-state index in [1.165, 1.54) is 5.56 Å². The number of aryl methyl sites for hydroxylation is 3. The van der Waals surface area contributed by atoms with Gasteiger partial charge in [0.1, 0.15) is 0 Å². The molecule has 0 aliphatic heterocycles. The van der Waals surface area contributed by atoms with Gasteiger partial charge in [-0.2, -0.15) is 0 Å². The van der Waals surface area contributed by atoms with Crippen LogP contribution >= 0.6 is 0 Å². The molecule has 0 atom stereocenters. The van der Waals surface area contributed by atoms with Crippen LogP contribution in [-0.4, -0.2) is 4.57 Å². The highest BCUT2D eigenvalue weighted by atomic mass is 16.1. The molecule has 1 aromatic heterocycles. The quantitative estimate of drug-likeness (QED) is 0.708. The van der Waals surface area contributed by atoms with E-state index in [-0.39, 0.29) is 5.43 Å². The van der Waals surface area contributed by atoms with Crippen LogP contribution in [0.2, 0.25) is 0 Å². The van der Waals surface area contributed by atoms with E-state index in [0.29, 0.717) is 0 Å². The van der Waals surface area contributed by atoms with Gasteiger partial charge in [0.25, 0.3) is 0 Å². The standard InChI is InChI=1S/C18H17NO/c1-14-13-19(12-11-15-7-3-2-4-8-15)17-10-6-5-9-16(17)18(14)20/h2-10,13H,11-12H2,1H3. The summed E-state index contributed by atoms with van der Waals surface area (Å²) in [7, 11) is 0. The average Bonchev–Trinajstić information content (AvgIpc) is 2.50. The van der Waals surface area contributed by atoms with Gasteiger partial charge in [-0.1, -0.05) is 42.5 Å². The molecule has 0 fully saturated rings. The van der Waals surface area contributed by atoms with Gasteiger partial charge in [-0.15, -0.1) is 0 Å². The van der Waals surface area contributed by atoms with E-state index >= 15 is 0 Å². The largest absolute Gasteiger partial charge is 0.347 e. The second kappa shape index (κ2) is 5.33. The minimum atomic E-state index is 0.136. The number of para-hydroxylation sites is 1. The van der Waals surface area contributed by atoms with Crippen molar-refractivity contribution in [1.29, 1.82) is 0 Å². The van der Waals surface area contributed by atoms with Crippen molar-refractivity contribution in [3.05, 3.63) is 82.1 Å². The lowest BCUT2D eigenvalue weighted by molar-refractivity contribution is 0.713. The molecule has 2 aromatic carbocycles. The number of nitrogens with zero attached hydrogens (tertiary/aromatic N) is 1. The summed E-state index contributed by atoms with van der Waals surface area (Å²) in [4.78, 5) is 12.1. The maximum atomic E-state index is 12.1. The Bertz CT molecular complexity index is 787. The van der Waals surface area contributed by atoms with Gasteiger partial charge in [-0.3, -0.25) is 4.79 Å². The third-order valence-electron chi connectivity index (χ3n) is 3.65. The molecule has 0 aliphatic rings. The van der Waals surface area contributed by atoms with Crippen LogP contribution < -0.4 is 5.43 Å². The summed E-state index contributed by atoms with van der Waals surface area (Å²) >= 11 is 0. The molecule has 0 saturated carbocycles. The zero-order valence-corrected chi connectivity index (χ0v) is 11.5. The van der Waals surface area contributed by atoms with Crippen molar-refractivity contribution in [2.45, 2.75) is 19.9 Å². The third-order valence-corrected chi connectivity index (χ3v) is 3.65. The van der Waals surface area contributed by atoms with Crippen molar-refractivity contribution in [3.63, 3.8) is 0 Å². The van der Waals surface area contributed by atoms with E-state index in [2.05, 4.69) is 28.8 Å². The highest BCUT2D eigenvalue weighted by molar-refractivity contribution is 5.79. The van der Waals surface area contributed by atoms with Crippen LogP contribution in [0.25, 0.3) is 10.9 Å². The van der Waals surface area contributed by atoms with Crippen LogP contribution in [0, 0.1) is 6.92 Å². The second-order valence-electron chi connectivity index (χ2n) is 5.09. The van der Waals surface area contributed by atoms with Crippen molar-refractivity contribution < 1.29 is 0 Å². The number of pyridine rings is 1. The highest BCUT2D eigenvalue weighted by Gasteiger charge is 2.05. The average molecular weight is 263 g/mol. The summed E-state index contributed by atoms with van der Waals surface area (Å²) in [5.74, 6) is 0. The fourth-order valence-electron chi connectivity index (χ4n) is 2.57. The van der Waals surface area contributed by atoms with Crippen molar-refractivity contribution in [1.82, 2.24) is 4.57 Å². The predicted octanol–water partition coefficient (Wildman–Crippen LogP) is 3.55. The molecule has 2 nitrogen and oxygen atoms in total. The maximum absolute atomic E-state index is 12.1. The van der Waals surface area contributed by atoms with Gasteiger partial charge < -0.3 is 4.57 Å². The Morgan fingerprint density at radius 1 is 0.950 bits per heavy atom. The number of hydrogen-bond acceptors (Lipinski definition) is 1. The number of fused-ring (bicyclic) bond motifs is 1. The fourth-order valence-corrected chi connectivity index (χ4v) is 2.57. The highest BCUT2D eigenvalue weighted by Crippen LogP contribution is 2.12. The minimum Gasteiger partial charge on any atom is -0.347 e. The molecule has 3 aromatic rings. The molecule has 100 valence electrons. The summed E-state index contributed by atoms with van der Waals surface area (Å²) in [6.07, 6.45) is 2.93. The summed E-state index contributed by atoms with van der Waals surface area (Å²) in [6, 6.07) is 18.2. The molecular weight excluding hydrogens is 246 g/mol. The van der Waals surface area contributed by atoms with E-state index in [1.54, 1.807) is 0 Å². The van der Waals surface area contributed by atoms with Crippen LogP contribution in [0.4, 0.5) is 0 Å². The first-order valence-electron chi connectivity index (χ1n) is 6.88. The molecule has 0 bridgehead atoms. The number of hydrogen-bond donors (Lipinski definition) is 0. The summed E-state index contributed by atoms with van der Waals surface area (Å²) in [5.41, 5.74) is 3.26. The molecule has 3 rings (SSSR count). The Kier molecular flexibility index (Phi) is 3.38. The number of rotatable bonds is 3. The first kappa shape index (κ1) is 12.7. The first-order valence-corrected chi connectivity index (χ1v) is 6.88. The van der Waals surface area contributed by atoms with E-state index < -0.39 is 0 Å². The summed E-state index contributed by atoms with van der Waals surface area (Å²) in [5, 5.41) is 0.806. The maximum Gasteiger partial charge on any atom is 0.192 e. The Balaban J connectivity index is 2.00. The zero-order valence-electron chi connectivity index (χ0n) is 11.5. The predicted molar refractivity (Wildman–Crippen MR) is 83.1 cm³/mol. The molecule has 0 N–H and O–H groups in total. The molecule has 20 heavy (non-hydrogen) atoms. The third kappa shape index (κ3) is 2.37. The van der Waals surface area contributed by atoms with Gasteiger partial charge in [0, 0.05) is 23.7 Å². The van der Waals surface area contributed by atoms with Crippen molar-refractivity contribution in [2.75, 3.05) is 0 Å². The Labute approximate surface area is 118 Å². The van der Waals surface area contributed by atoms with Crippen molar-refractivity contribution in [2.24, 2.45) is 0 Å². The van der Waals surface area contributed by atoms with Crippen molar-refractivity contribution in [3.8, 4) is 0 Å². The van der Waals surface area contributed by atoms with Gasteiger partial charge in [-0.05, 0) is 31.0 Å². The molecule has 1 heterocycles. The van der Waals surface area contributed by atoms with E-state index in [1.807, 2.05) is 43.5 Å². The zero-order chi connectivity index (χ0) is 13.9. The summed E-state index contributed by atoms with van der Waals surface area (Å²) < 4.78 is 2.18. The van der Waals surface area contributed by atoms with Crippen LogP contribution in [0.15, 0.2) is 65.6 Å². The molecule has 0 unspecified atom stereocenters. The minimum absolute atomic E-state index is 0.136. The lowest BCUT2D eigenvalue weighted by atomic mass is 10.1. The number of aromatic nitrogens is 1. The number of benzene rings is 2. The Morgan fingerprint density at radius 3 is 2.45 bits per heavy atom. The van der Waals surface area contributed by atoms with E-state index in [4.69, 9.17) is 0 Å². The van der Waals surface area contributed by atoms with Crippen LogP contribution in [0.3, 0.4) is 0 Å². The monoisotopic (exact) mass is 263 g/mol. The van der Waals surface area contributed by atoms with Crippen molar-refractivity contribution >= 4 is 10.9 Å². The SMILES string of the molecule is Cc1cn(CCc2ccccc2)c2ccccc2c1=O.